The van der Waals surface area contributed by atoms with E-state index >= 15 is 0 Å². The molecule has 0 aliphatic carbocycles. The van der Waals surface area contributed by atoms with E-state index < -0.39 is 0 Å². The van der Waals surface area contributed by atoms with Crippen LogP contribution in [0.2, 0.25) is 5.02 Å². The fraction of sp³-hybridized carbons (Fsp3) is 0.167. The highest BCUT2D eigenvalue weighted by atomic mass is 35.5. The average Bonchev–Trinajstić information content (AvgIpc) is 1.64. The zero-order chi connectivity index (χ0) is 5.98. The zero-order valence-corrected chi connectivity index (χ0v) is 5.24. The molecule has 1 aromatic heterocycles. The summed E-state index contributed by atoms with van der Waals surface area (Å²) < 4.78 is 0. The van der Waals surface area contributed by atoms with Crippen LogP contribution in [-0.2, 0) is 0 Å². The van der Waals surface area contributed by atoms with Gasteiger partial charge in [-0.05, 0) is 18.6 Å². The highest BCUT2D eigenvalue weighted by molar-refractivity contribution is 6.30. The molecule has 1 rings (SSSR count). The molecule has 0 fully saturated rings. The summed E-state index contributed by atoms with van der Waals surface area (Å²) in [5.41, 5.74) is 1.06. The number of nitrogens with zero attached hydrogens (tertiary/aromatic N) is 1. The van der Waals surface area contributed by atoms with E-state index in [0.717, 1.165) is 5.56 Å². The van der Waals surface area contributed by atoms with Crippen LogP contribution in [-0.4, -0.2) is 4.98 Å². The monoisotopic (exact) mass is 126 g/mol. The summed E-state index contributed by atoms with van der Waals surface area (Å²) >= 11 is 5.53. The summed E-state index contributed by atoms with van der Waals surface area (Å²) in [6, 6.07) is 1.81. The number of aryl methyl sites for hydroxylation is 1. The second-order valence-corrected chi connectivity index (χ2v) is 2.01. The molecule has 0 bridgehead atoms. The molecule has 0 aromatic carbocycles. The van der Waals surface area contributed by atoms with Crippen molar-refractivity contribution in [3.8, 4) is 0 Å². The first-order valence-corrected chi connectivity index (χ1v) is 2.66. The second-order valence-electron chi connectivity index (χ2n) is 1.61. The Kier molecular flexibility index (Phi) is 1.49. The van der Waals surface area contributed by atoms with Crippen molar-refractivity contribution in [1.82, 2.24) is 4.98 Å². The van der Waals surface area contributed by atoms with E-state index in [9.17, 15) is 0 Å². The quantitative estimate of drug-likeness (QED) is 0.517. The van der Waals surface area contributed by atoms with Crippen molar-refractivity contribution < 1.29 is 0 Å². The first-order chi connectivity index (χ1) is 3.79. The van der Waals surface area contributed by atoms with Gasteiger partial charge >= 0.3 is 0 Å². The van der Waals surface area contributed by atoms with Crippen molar-refractivity contribution in [2.75, 3.05) is 0 Å². The normalized spacial score (nSPS) is 9.25. The Morgan fingerprint density at radius 2 is 2.50 bits per heavy atom. The molecule has 0 saturated carbocycles. The van der Waals surface area contributed by atoms with Gasteiger partial charge < -0.3 is 0 Å². The number of hydrogen-bond acceptors (Lipinski definition) is 1. The van der Waals surface area contributed by atoms with Gasteiger partial charge in [-0.2, -0.15) is 0 Å². The average molecular weight is 127 g/mol. The SMILES string of the molecule is Cc1cn[c]c(Cl)c1. The van der Waals surface area contributed by atoms with Crippen molar-refractivity contribution in [1.29, 1.82) is 0 Å². The standard InChI is InChI=1S/C6H5ClN/c1-5-2-6(7)4-8-3-5/h2-3H,1H3. The number of aromatic nitrogens is 1. The van der Waals surface area contributed by atoms with E-state index in [0.29, 0.717) is 5.02 Å². The lowest BCUT2D eigenvalue weighted by Gasteiger charge is -1.87. The molecule has 0 saturated heterocycles. The van der Waals surface area contributed by atoms with Gasteiger partial charge in [0.25, 0.3) is 0 Å². The Morgan fingerprint density at radius 1 is 1.75 bits per heavy atom. The van der Waals surface area contributed by atoms with Crippen LogP contribution in [0.5, 0.6) is 0 Å². The maximum Gasteiger partial charge on any atom is 0.109 e. The first-order valence-electron chi connectivity index (χ1n) is 2.29. The Bertz CT molecular complexity index is 168. The molecule has 1 radical (unpaired) electrons. The summed E-state index contributed by atoms with van der Waals surface area (Å²) in [6.07, 6.45) is 4.30. The Morgan fingerprint density at radius 3 is 2.88 bits per heavy atom. The fourth-order valence-corrected chi connectivity index (χ4v) is 0.686. The molecule has 8 heavy (non-hydrogen) atoms. The maximum absolute atomic E-state index is 5.53. The number of halogens is 1. The molecular weight excluding hydrogens is 122 g/mol. The van der Waals surface area contributed by atoms with Gasteiger partial charge in [0.05, 0.1) is 5.02 Å². The molecule has 0 N–H and O–H groups in total. The number of pyridine rings is 1. The summed E-state index contributed by atoms with van der Waals surface area (Å²) in [5.74, 6) is 0. The van der Waals surface area contributed by atoms with Crippen molar-refractivity contribution >= 4 is 11.6 Å². The van der Waals surface area contributed by atoms with E-state index in [2.05, 4.69) is 11.2 Å². The van der Waals surface area contributed by atoms with Crippen LogP contribution < -0.4 is 0 Å². The van der Waals surface area contributed by atoms with Gasteiger partial charge in [-0.1, -0.05) is 11.6 Å². The minimum absolute atomic E-state index is 0.574. The topological polar surface area (TPSA) is 12.9 Å². The largest absolute Gasteiger partial charge is 0.253 e. The van der Waals surface area contributed by atoms with Crippen LogP contribution >= 0.6 is 11.6 Å². The van der Waals surface area contributed by atoms with Crippen LogP contribution in [0.4, 0.5) is 0 Å². The predicted octanol–water partition coefficient (Wildman–Crippen LogP) is 1.84. The van der Waals surface area contributed by atoms with Gasteiger partial charge in [0.15, 0.2) is 0 Å². The zero-order valence-electron chi connectivity index (χ0n) is 4.48. The van der Waals surface area contributed by atoms with Crippen LogP contribution in [0.1, 0.15) is 5.56 Å². The van der Waals surface area contributed by atoms with Gasteiger partial charge in [-0.15, -0.1) is 0 Å². The molecule has 1 nitrogen and oxygen atoms in total. The van der Waals surface area contributed by atoms with E-state index in [1.54, 1.807) is 6.20 Å². The van der Waals surface area contributed by atoms with E-state index in [-0.39, 0.29) is 0 Å². The molecule has 0 aliphatic heterocycles. The number of rotatable bonds is 0. The van der Waals surface area contributed by atoms with Crippen molar-refractivity contribution in [3.63, 3.8) is 0 Å². The third-order valence-electron chi connectivity index (χ3n) is 0.794. The third kappa shape index (κ3) is 1.20. The molecule has 0 atom stereocenters. The van der Waals surface area contributed by atoms with Gasteiger partial charge in [0.1, 0.15) is 6.20 Å². The van der Waals surface area contributed by atoms with Crippen LogP contribution in [0.25, 0.3) is 0 Å². The van der Waals surface area contributed by atoms with Crippen molar-refractivity contribution in [3.05, 3.63) is 29.0 Å². The minimum atomic E-state index is 0.574. The van der Waals surface area contributed by atoms with Gasteiger partial charge in [0.2, 0.25) is 0 Å². The van der Waals surface area contributed by atoms with Crippen LogP contribution in [0, 0.1) is 13.1 Å². The van der Waals surface area contributed by atoms with Gasteiger partial charge in [-0.3, -0.25) is 4.98 Å². The van der Waals surface area contributed by atoms with Crippen molar-refractivity contribution in [2.45, 2.75) is 6.92 Å². The van der Waals surface area contributed by atoms with Crippen LogP contribution in [0.15, 0.2) is 12.3 Å². The second kappa shape index (κ2) is 2.14. The Labute approximate surface area is 53.3 Å². The molecule has 0 unspecified atom stereocenters. The van der Waals surface area contributed by atoms with E-state index in [4.69, 9.17) is 11.6 Å². The Hall–Kier alpha value is -0.560. The minimum Gasteiger partial charge on any atom is -0.253 e. The molecular formula is C6H5ClN. The fourth-order valence-electron chi connectivity index (χ4n) is 0.465. The lowest BCUT2D eigenvalue weighted by molar-refractivity contribution is 1.26. The van der Waals surface area contributed by atoms with E-state index in [1.165, 1.54) is 0 Å². The molecule has 0 aliphatic rings. The van der Waals surface area contributed by atoms with E-state index in [1.807, 2.05) is 13.0 Å². The Balaban J connectivity index is 3.08. The number of hydrogen-bond donors (Lipinski definition) is 0. The predicted molar refractivity (Wildman–Crippen MR) is 32.8 cm³/mol. The molecule has 0 amide bonds. The van der Waals surface area contributed by atoms with Gasteiger partial charge in [-0.25, -0.2) is 0 Å². The maximum atomic E-state index is 5.53. The summed E-state index contributed by atoms with van der Waals surface area (Å²) in [5, 5.41) is 0.574. The first kappa shape index (κ1) is 5.57. The highest BCUT2D eigenvalue weighted by Gasteiger charge is 1.85. The molecule has 1 heterocycles. The molecule has 2 heteroatoms. The van der Waals surface area contributed by atoms with Crippen LogP contribution in [0.3, 0.4) is 0 Å². The summed E-state index contributed by atoms with van der Waals surface area (Å²) in [7, 11) is 0. The molecule has 41 valence electrons. The van der Waals surface area contributed by atoms with Crippen molar-refractivity contribution in [2.24, 2.45) is 0 Å². The molecule has 1 aromatic rings. The lowest BCUT2D eigenvalue weighted by atomic mass is 10.3. The summed E-state index contributed by atoms with van der Waals surface area (Å²) in [6.45, 7) is 1.94. The highest BCUT2D eigenvalue weighted by Crippen LogP contribution is 2.05. The lowest BCUT2D eigenvalue weighted by Crippen LogP contribution is -1.74. The molecule has 0 spiro atoms. The smallest absolute Gasteiger partial charge is 0.109 e. The summed E-state index contributed by atoms with van der Waals surface area (Å²) in [4.78, 5) is 3.73. The van der Waals surface area contributed by atoms with Gasteiger partial charge in [0, 0.05) is 6.20 Å². The third-order valence-corrected chi connectivity index (χ3v) is 0.988.